The molecule has 1 aromatic rings. The lowest BCUT2D eigenvalue weighted by Gasteiger charge is -2.34. The highest BCUT2D eigenvalue weighted by atomic mass is 32.2. The molecule has 21 heavy (non-hydrogen) atoms. The Bertz CT molecular complexity index is 558. The molecule has 6 heteroatoms. The number of carboxylic acid groups (broad SMARTS) is 1. The summed E-state index contributed by atoms with van der Waals surface area (Å²) in [6, 6.07) is 4.36. The number of halogens is 1. The number of hydrogen-bond acceptors (Lipinski definition) is 3. The van der Waals surface area contributed by atoms with Crippen LogP contribution in [-0.2, 0) is 28.1 Å². The highest BCUT2D eigenvalue weighted by Crippen LogP contribution is 2.41. The zero-order chi connectivity index (χ0) is 15.8. The topological polar surface area (TPSA) is 72.4 Å². The molecule has 2 rings (SSSR count). The summed E-state index contributed by atoms with van der Waals surface area (Å²) in [5, 5.41) is 9.22. The fraction of sp³-hybridized carbons (Fsp3) is 0.533. The minimum atomic E-state index is -1.40. The van der Waals surface area contributed by atoms with E-state index in [0.717, 1.165) is 11.1 Å². The minimum absolute atomic E-state index is 0.173. The Morgan fingerprint density at radius 3 is 2.76 bits per heavy atom. The van der Waals surface area contributed by atoms with Crippen LogP contribution in [0.25, 0.3) is 0 Å². The summed E-state index contributed by atoms with van der Waals surface area (Å²) >= 11 is -1.40. The second kappa shape index (κ2) is 5.59. The van der Waals surface area contributed by atoms with E-state index in [2.05, 4.69) is 4.72 Å². The zero-order valence-corrected chi connectivity index (χ0v) is 13.2. The van der Waals surface area contributed by atoms with E-state index in [1.54, 1.807) is 6.07 Å². The molecular weight excluding hydrogens is 293 g/mol. The largest absolute Gasteiger partial charge is 0.598 e. The van der Waals surface area contributed by atoms with E-state index in [-0.39, 0.29) is 12.2 Å². The molecule has 0 saturated heterocycles. The van der Waals surface area contributed by atoms with Crippen molar-refractivity contribution in [1.29, 1.82) is 0 Å². The lowest BCUT2D eigenvalue weighted by Crippen LogP contribution is -2.51. The number of fused-ring (bicyclic) bond motifs is 1. The lowest BCUT2D eigenvalue weighted by molar-refractivity contribution is -0.138. The van der Waals surface area contributed by atoms with Gasteiger partial charge >= 0.3 is 5.97 Å². The van der Waals surface area contributed by atoms with Crippen molar-refractivity contribution in [3.05, 3.63) is 35.1 Å². The molecule has 2 N–H and O–H groups in total. The smallest absolute Gasteiger partial charge is 0.305 e. The SMILES string of the molecule is CC(C)(C)[S@+]([O-])N[C@@]1(CC(=O)O)CCc2cc(F)ccc21. The molecule has 0 amide bonds. The Labute approximate surface area is 127 Å². The van der Waals surface area contributed by atoms with Gasteiger partial charge in [0, 0.05) is 11.4 Å². The Hall–Kier alpha value is -1.11. The van der Waals surface area contributed by atoms with Crippen molar-refractivity contribution in [3.8, 4) is 0 Å². The third-order valence-electron chi connectivity index (χ3n) is 3.70. The Balaban J connectivity index is 2.40. The van der Waals surface area contributed by atoms with E-state index >= 15 is 0 Å². The number of rotatable bonds is 4. The van der Waals surface area contributed by atoms with E-state index < -0.39 is 27.6 Å². The maximum atomic E-state index is 13.3. The number of aryl methyl sites for hydroxylation is 1. The van der Waals surface area contributed by atoms with Crippen LogP contribution in [0, 0.1) is 5.82 Å². The summed E-state index contributed by atoms with van der Waals surface area (Å²) in [7, 11) is 0. The molecule has 0 fully saturated rings. The van der Waals surface area contributed by atoms with Crippen molar-refractivity contribution in [2.75, 3.05) is 0 Å². The van der Waals surface area contributed by atoms with Crippen LogP contribution in [0.3, 0.4) is 0 Å². The molecular formula is C15H20FNO3S. The van der Waals surface area contributed by atoms with Gasteiger partial charge in [0.15, 0.2) is 0 Å². The molecule has 0 heterocycles. The minimum Gasteiger partial charge on any atom is -0.598 e. The molecule has 0 spiro atoms. The third kappa shape index (κ3) is 3.39. The number of nitrogens with one attached hydrogen (secondary N) is 1. The summed E-state index contributed by atoms with van der Waals surface area (Å²) in [6.45, 7) is 5.47. The molecule has 116 valence electrons. The Kier molecular flexibility index (Phi) is 4.33. The van der Waals surface area contributed by atoms with Crippen LogP contribution >= 0.6 is 0 Å². The fourth-order valence-electron chi connectivity index (χ4n) is 2.63. The Morgan fingerprint density at radius 1 is 1.52 bits per heavy atom. The second-order valence-electron chi connectivity index (χ2n) is 6.44. The fourth-order valence-corrected chi connectivity index (χ4v) is 3.58. The first kappa shape index (κ1) is 16.3. The van der Waals surface area contributed by atoms with Gasteiger partial charge in [-0.05, 0) is 56.9 Å². The highest BCUT2D eigenvalue weighted by molar-refractivity contribution is 7.90. The first-order chi connectivity index (χ1) is 9.64. The quantitative estimate of drug-likeness (QED) is 0.838. The van der Waals surface area contributed by atoms with Crippen molar-refractivity contribution >= 4 is 17.3 Å². The van der Waals surface area contributed by atoms with E-state index in [9.17, 15) is 18.8 Å². The van der Waals surface area contributed by atoms with Crippen molar-refractivity contribution in [3.63, 3.8) is 0 Å². The first-order valence-corrected chi connectivity index (χ1v) is 7.99. The van der Waals surface area contributed by atoms with Gasteiger partial charge in [0.1, 0.15) is 10.6 Å². The van der Waals surface area contributed by atoms with E-state index in [4.69, 9.17) is 0 Å². The van der Waals surface area contributed by atoms with Gasteiger partial charge in [-0.3, -0.25) is 4.79 Å². The molecule has 0 saturated carbocycles. The zero-order valence-electron chi connectivity index (χ0n) is 12.4. The van der Waals surface area contributed by atoms with E-state index in [1.807, 2.05) is 20.8 Å². The van der Waals surface area contributed by atoms with Gasteiger partial charge < -0.3 is 9.66 Å². The normalized spacial score (nSPS) is 22.9. The summed E-state index contributed by atoms with van der Waals surface area (Å²) < 4.78 is 28.3. The summed E-state index contributed by atoms with van der Waals surface area (Å²) in [4.78, 5) is 11.3. The number of aliphatic carboxylic acids is 1. The molecule has 2 atom stereocenters. The highest BCUT2D eigenvalue weighted by Gasteiger charge is 2.46. The van der Waals surface area contributed by atoms with Gasteiger partial charge in [0.05, 0.1) is 12.0 Å². The number of carbonyl (C=O) groups is 1. The Morgan fingerprint density at radius 2 is 2.19 bits per heavy atom. The summed E-state index contributed by atoms with van der Waals surface area (Å²) in [5.41, 5.74) is 0.631. The number of carboxylic acids is 1. The summed E-state index contributed by atoms with van der Waals surface area (Å²) in [6.07, 6.45) is 0.905. The van der Waals surface area contributed by atoms with Gasteiger partial charge in [-0.15, -0.1) is 4.72 Å². The second-order valence-corrected chi connectivity index (χ2v) is 8.40. The maximum absolute atomic E-state index is 13.3. The molecule has 0 unspecified atom stereocenters. The average Bonchev–Trinajstić information content (AvgIpc) is 2.65. The van der Waals surface area contributed by atoms with Crippen LogP contribution < -0.4 is 4.72 Å². The molecule has 4 nitrogen and oxygen atoms in total. The molecule has 1 aliphatic rings. The van der Waals surface area contributed by atoms with Gasteiger partial charge in [0.2, 0.25) is 0 Å². The van der Waals surface area contributed by atoms with Crippen molar-refractivity contribution in [1.82, 2.24) is 4.72 Å². The van der Waals surface area contributed by atoms with E-state index in [0.29, 0.717) is 12.8 Å². The van der Waals surface area contributed by atoms with Crippen LogP contribution in [0.2, 0.25) is 0 Å². The molecule has 1 aliphatic carbocycles. The lowest BCUT2D eigenvalue weighted by atomic mass is 9.89. The predicted octanol–water partition coefficient (Wildman–Crippen LogP) is 2.49. The van der Waals surface area contributed by atoms with Gasteiger partial charge in [-0.25, -0.2) is 4.39 Å². The van der Waals surface area contributed by atoms with Gasteiger partial charge in [-0.2, -0.15) is 0 Å². The van der Waals surface area contributed by atoms with Crippen molar-refractivity contribution in [2.45, 2.75) is 50.3 Å². The van der Waals surface area contributed by atoms with Crippen LogP contribution in [0.5, 0.6) is 0 Å². The van der Waals surface area contributed by atoms with Crippen LogP contribution in [-0.4, -0.2) is 20.4 Å². The first-order valence-electron chi connectivity index (χ1n) is 6.84. The molecule has 1 aromatic carbocycles. The van der Waals surface area contributed by atoms with Crippen molar-refractivity contribution in [2.24, 2.45) is 0 Å². The monoisotopic (exact) mass is 313 g/mol. The van der Waals surface area contributed by atoms with Crippen molar-refractivity contribution < 1.29 is 18.8 Å². The maximum Gasteiger partial charge on any atom is 0.305 e. The average molecular weight is 313 g/mol. The molecule has 0 aliphatic heterocycles. The van der Waals surface area contributed by atoms with E-state index in [1.165, 1.54) is 12.1 Å². The summed E-state index contributed by atoms with van der Waals surface area (Å²) in [5.74, 6) is -1.30. The number of benzene rings is 1. The molecule has 0 bridgehead atoms. The van der Waals surface area contributed by atoms with Crippen LogP contribution in [0.4, 0.5) is 4.39 Å². The predicted molar refractivity (Wildman–Crippen MR) is 79.7 cm³/mol. The van der Waals surface area contributed by atoms with Crippen LogP contribution in [0.15, 0.2) is 18.2 Å². The molecule has 0 radical (unpaired) electrons. The van der Waals surface area contributed by atoms with Gasteiger partial charge in [0.25, 0.3) is 0 Å². The molecule has 0 aromatic heterocycles. The van der Waals surface area contributed by atoms with Gasteiger partial charge in [-0.1, -0.05) is 6.07 Å². The third-order valence-corrected chi connectivity index (χ3v) is 5.39. The number of hydrogen-bond donors (Lipinski definition) is 2. The standard InChI is InChI=1S/C15H20FNO3S/c1-14(2,3)21(20)17-15(9-13(18)19)7-6-10-8-11(16)4-5-12(10)15/h4-5,8,17H,6-7,9H2,1-3H3,(H,18,19)/t15-,21+/m1/s1. The van der Waals surface area contributed by atoms with Crippen LogP contribution in [0.1, 0.15) is 44.7 Å².